The number of hydrogen-bond donors (Lipinski definition) is 1. The van der Waals surface area contributed by atoms with E-state index >= 15 is 0 Å². The molecule has 1 heterocycles. The molecule has 0 radical (unpaired) electrons. The van der Waals surface area contributed by atoms with Crippen molar-refractivity contribution in [3.05, 3.63) is 93.4 Å². The van der Waals surface area contributed by atoms with E-state index in [1.54, 1.807) is 0 Å². The van der Waals surface area contributed by atoms with Gasteiger partial charge in [-0.1, -0.05) is 36.4 Å². The van der Waals surface area contributed by atoms with Crippen LogP contribution in [0.3, 0.4) is 0 Å². The molecule has 0 aliphatic heterocycles. The number of amides is 1. The van der Waals surface area contributed by atoms with Crippen molar-refractivity contribution in [2.75, 3.05) is 13.2 Å². The molecule has 9 heteroatoms. The van der Waals surface area contributed by atoms with Gasteiger partial charge in [-0.05, 0) is 37.1 Å². The third-order valence-corrected chi connectivity index (χ3v) is 4.60. The van der Waals surface area contributed by atoms with Crippen LogP contribution < -0.4 is 10.7 Å². The summed E-state index contributed by atoms with van der Waals surface area (Å²) >= 11 is 0. The molecular formula is C23H22F3N3O3. The van der Waals surface area contributed by atoms with Crippen LogP contribution in [0.2, 0.25) is 0 Å². The highest BCUT2D eigenvalue weighted by Crippen LogP contribution is 2.30. The van der Waals surface area contributed by atoms with E-state index in [1.165, 1.54) is 25.1 Å². The van der Waals surface area contributed by atoms with E-state index < -0.39 is 28.8 Å². The molecule has 2 aromatic carbocycles. The summed E-state index contributed by atoms with van der Waals surface area (Å²) in [6, 6.07) is 15.3. The summed E-state index contributed by atoms with van der Waals surface area (Å²) in [4.78, 5) is 24.7. The van der Waals surface area contributed by atoms with Gasteiger partial charge in [0, 0.05) is 24.9 Å². The van der Waals surface area contributed by atoms with Crippen molar-refractivity contribution in [3.8, 4) is 5.69 Å². The SMILES string of the molecule is Cc1cc(=O)c(C(=O)NCCCOCc2ccccc2)nn1-c1cccc(C(F)(F)F)c1. The van der Waals surface area contributed by atoms with Gasteiger partial charge in [-0.15, -0.1) is 0 Å². The molecule has 0 spiro atoms. The lowest BCUT2D eigenvalue weighted by molar-refractivity contribution is -0.137. The molecule has 1 amide bonds. The summed E-state index contributed by atoms with van der Waals surface area (Å²) in [5, 5.41) is 6.61. The fraction of sp³-hybridized carbons (Fsp3) is 0.261. The fourth-order valence-corrected chi connectivity index (χ4v) is 3.00. The average Bonchev–Trinajstić information content (AvgIpc) is 2.76. The van der Waals surface area contributed by atoms with Crippen LogP contribution in [0, 0.1) is 6.92 Å². The normalized spacial score (nSPS) is 11.4. The van der Waals surface area contributed by atoms with Crippen molar-refractivity contribution in [2.24, 2.45) is 0 Å². The monoisotopic (exact) mass is 445 g/mol. The van der Waals surface area contributed by atoms with E-state index in [0.717, 1.165) is 22.4 Å². The summed E-state index contributed by atoms with van der Waals surface area (Å²) < 4.78 is 45.8. The minimum absolute atomic E-state index is 0.0979. The maximum Gasteiger partial charge on any atom is 0.416 e. The highest BCUT2D eigenvalue weighted by molar-refractivity contribution is 5.92. The molecule has 0 fully saturated rings. The quantitative estimate of drug-likeness (QED) is 0.534. The van der Waals surface area contributed by atoms with Crippen molar-refractivity contribution in [2.45, 2.75) is 26.1 Å². The number of ether oxygens (including phenoxy) is 1. The second-order valence-corrected chi connectivity index (χ2v) is 7.11. The summed E-state index contributed by atoms with van der Waals surface area (Å²) in [5.41, 5.74) is -0.408. The first-order valence-electron chi connectivity index (χ1n) is 9.94. The molecule has 0 aliphatic carbocycles. The zero-order chi connectivity index (χ0) is 23.1. The van der Waals surface area contributed by atoms with Gasteiger partial charge in [0.1, 0.15) is 0 Å². The number of rotatable bonds is 8. The number of carbonyl (C=O) groups excluding carboxylic acids is 1. The molecule has 0 bridgehead atoms. The largest absolute Gasteiger partial charge is 0.416 e. The molecule has 0 unspecified atom stereocenters. The lowest BCUT2D eigenvalue weighted by atomic mass is 10.2. The second kappa shape index (κ2) is 10.2. The van der Waals surface area contributed by atoms with Gasteiger partial charge in [0.15, 0.2) is 5.69 Å². The van der Waals surface area contributed by atoms with Crippen molar-refractivity contribution in [3.63, 3.8) is 0 Å². The lowest BCUT2D eigenvalue weighted by Crippen LogP contribution is -2.32. The number of halogens is 3. The van der Waals surface area contributed by atoms with Gasteiger partial charge >= 0.3 is 6.18 Å². The summed E-state index contributed by atoms with van der Waals surface area (Å²) in [7, 11) is 0. The molecule has 6 nitrogen and oxygen atoms in total. The van der Waals surface area contributed by atoms with Crippen LogP contribution in [-0.4, -0.2) is 28.8 Å². The Morgan fingerprint density at radius 1 is 1.09 bits per heavy atom. The molecule has 0 atom stereocenters. The van der Waals surface area contributed by atoms with Crippen LogP contribution in [0.4, 0.5) is 13.2 Å². The minimum atomic E-state index is -4.52. The molecule has 1 aromatic heterocycles. The van der Waals surface area contributed by atoms with E-state index in [1.807, 2.05) is 30.3 Å². The topological polar surface area (TPSA) is 73.2 Å². The molecule has 0 saturated heterocycles. The molecule has 168 valence electrons. The van der Waals surface area contributed by atoms with Crippen LogP contribution in [-0.2, 0) is 17.5 Å². The number of aryl methyl sites for hydroxylation is 1. The first-order valence-corrected chi connectivity index (χ1v) is 9.94. The summed E-state index contributed by atoms with van der Waals surface area (Å²) in [6.45, 7) is 2.65. The number of nitrogens with one attached hydrogen (secondary N) is 1. The molecule has 3 aromatic rings. The summed E-state index contributed by atoms with van der Waals surface area (Å²) in [5.74, 6) is -0.696. The number of benzene rings is 2. The van der Waals surface area contributed by atoms with Crippen molar-refractivity contribution < 1.29 is 22.7 Å². The highest BCUT2D eigenvalue weighted by atomic mass is 19.4. The molecule has 1 N–H and O–H groups in total. The Morgan fingerprint density at radius 3 is 2.56 bits per heavy atom. The zero-order valence-electron chi connectivity index (χ0n) is 17.4. The van der Waals surface area contributed by atoms with Crippen LogP contribution in [0.25, 0.3) is 5.69 Å². The number of carbonyl (C=O) groups is 1. The van der Waals surface area contributed by atoms with Gasteiger partial charge in [-0.3, -0.25) is 9.59 Å². The zero-order valence-corrected chi connectivity index (χ0v) is 17.4. The Morgan fingerprint density at radius 2 is 1.84 bits per heavy atom. The van der Waals surface area contributed by atoms with Crippen molar-refractivity contribution in [1.29, 1.82) is 0 Å². The molecular weight excluding hydrogens is 423 g/mol. The lowest BCUT2D eigenvalue weighted by Gasteiger charge is -2.13. The van der Waals surface area contributed by atoms with Crippen LogP contribution in [0.1, 0.15) is 33.7 Å². The average molecular weight is 445 g/mol. The van der Waals surface area contributed by atoms with Gasteiger partial charge in [0.05, 0.1) is 17.9 Å². The van der Waals surface area contributed by atoms with E-state index in [-0.39, 0.29) is 12.2 Å². The van der Waals surface area contributed by atoms with Gasteiger partial charge in [0.2, 0.25) is 5.43 Å². The first kappa shape index (κ1) is 23.2. The standard InChI is InChI=1S/C23H22F3N3O3/c1-16-13-20(30)21(28-29(16)19-10-5-9-18(14-19)23(24,25)26)22(31)27-11-6-12-32-15-17-7-3-2-4-8-17/h2-5,7-10,13-14H,6,11-12,15H2,1H3,(H,27,31). The van der Waals surface area contributed by atoms with E-state index in [4.69, 9.17) is 4.74 Å². The maximum atomic E-state index is 13.0. The molecule has 32 heavy (non-hydrogen) atoms. The van der Waals surface area contributed by atoms with E-state index in [2.05, 4.69) is 10.4 Å². The summed E-state index contributed by atoms with van der Waals surface area (Å²) in [6.07, 6.45) is -4.00. The maximum absolute atomic E-state index is 13.0. The van der Waals surface area contributed by atoms with Gasteiger partial charge in [-0.25, -0.2) is 4.68 Å². The van der Waals surface area contributed by atoms with Crippen LogP contribution in [0.5, 0.6) is 0 Å². The van der Waals surface area contributed by atoms with Crippen molar-refractivity contribution >= 4 is 5.91 Å². The predicted molar refractivity (Wildman–Crippen MR) is 113 cm³/mol. The first-order chi connectivity index (χ1) is 15.3. The number of hydrogen-bond acceptors (Lipinski definition) is 4. The fourth-order valence-electron chi connectivity index (χ4n) is 3.00. The Labute approximate surface area is 182 Å². The third kappa shape index (κ3) is 6.04. The smallest absolute Gasteiger partial charge is 0.377 e. The Balaban J connectivity index is 1.63. The van der Waals surface area contributed by atoms with Crippen LogP contribution in [0.15, 0.2) is 65.5 Å². The second-order valence-electron chi connectivity index (χ2n) is 7.11. The van der Waals surface area contributed by atoms with Gasteiger partial charge in [-0.2, -0.15) is 18.3 Å². The van der Waals surface area contributed by atoms with Crippen LogP contribution >= 0.6 is 0 Å². The number of alkyl halides is 3. The Kier molecular flexibility index (Phi) is 7.42. The minimum Gasteiger partial charge on any atom is -0.377 e. The van der Waals surface area contributed by atoms with Crippen molar-refractivity contribution in [1.82, 2.24) is 15.1 Å². The Hall–Kier alpha value is -3.46. The van der Waals surface area contributed by atoms with E-state index in [0.29, 0.717) is 25.3 Å². The highest BCUT2D eigenvalue weighted by Gasteiger charge is 2.30. The molecule has 0 saturated carbocycles. The number of nitrogens with zero attached hydrogens (tertiary/aromatic N) is 2. The molecule has 3 rings (SSSR count). The third-order valence-electron chi connectivity index (χ3n) is 4.60. The van der Waals surface area contributed by atoms with Gasteiger partial charge in [0.25, 0.3) is 5.91 Å². The van der Waals surface area contributed by atoms with E-state index in [9.17, 15) is 22.8 Å². The Bertz CT molecular complexity index is 1130. The molecule has 0 aliphatic rings. The predicted octanol–water partition coefficient (Wildman–Crippen LogP) is 3.90. The van der Waals surface area contributed by atoms with Gasteiger partial charge < -0.3 is 10.1 Å². The number of aromatic nitrogens is 2.